The predicted octanol–water partition coefficient (Wildman–Crippen LogP) is 16.9. The van der Waals surface area contributed by atoms with E-state index in [0.29, 0.717) is 17.4 Å². The van der Waals surface area contributed by atoms with E-state index >= 15 is 4.57 Å². The van der Waals surface area contributed by atoms with Gasteiger partial charge in [-0.2, -0.15) is 0 Å². The maximum Gasteiger partial charge on any atom is 0.475 e. The highest BCUT2D eigenvalue weighted by Gasteiger charge is 2.61. The van der Waals surface area contributed by atoms with E-state index in [4.69, 9.17) is 13.6 Å². The first-order valence-electron chi connectivity index (χ1n) is 28.4. The number of hydrogen-bond donors (Lipinski definition) is 0. The number of allylic oxidation sites excluding steroid dienone is 2. The van der Waals surface area contributed by atoms with E-state index < -0.39 is 7.82 Å². The molecule has 0 radical (unpaired) electrons. The summed E-state index contributed by atoms with van der Waals surface area (Å²) < 4.78 is 35.1. The number of phosphoric ester groups is 1. The third-order valence-corrected chi connectivity index (χ3v) is 23.7. The van der Waals surface area contributed by atoms with Crippen LogP contribution < -0.4 is 0 Å². The Labute approximate surface area is 401 Å². The fourth-order valence-electron chi connectivity index (χ4n) is 18.5. The van der Waals surface area contributed by atoms with Crippen molar-refractivity contribution in [3.8, 4) is 0 Å². The first-order chi connectivity index (χ1) is 30.8. The number of nitrogens with zero attached hydrogens (tertiary/aromatic N) is 1. The molecule has 372 valence electrons. The Morgan fingerprint density at radius 1 is 0.585 bits per heavy atom. The molecule has 8 aliphatic rings. The fraction of sp³-hybridized carbons (Fsp3) is 0.932. The zero-order valence-corrected chi connectivity index (χ0v) is 45.3. The molecule has 65 heavy (non-hydrogen) atoms. The van der Waals surface area contributed by atoms with Gasteiger partial charge in [-0.3, -0.25) is 13.6 Å². The SMILES string of the molecule is CC(C)CCCC(C)C1CCC2C3CC=C4CC(OP(=O)(OCCCN(C)C)OC5CCC6(C)C(=CCC7C6CCC6(C)C(C(C)CCCC(C)C)CCC76)C5)CCC4(C)C3CCC12C. The standard InChI is InChI=1S/C59H102NO4P/c1-40(2)16-13-18-42(5)50-24-26-52-48-22-20-44-38-46(28-32-56(44,7)54(48)30-34-58(50,52)9)63-65(61,62-37-15-36-60(11)12)64-47-29-33-57(8)45(39-47)21-23-49-53-27-25-51(43(6)19-14-17-41(3)4)59(53,10)35-31-55(49)57/h20-21,40-43,46-55H,13-19,22-39H2,1-12H3. The molecule has 16 atom stereocenters. The van der Waals surface area contributed by atoms with Gasteiger partial charge >= 0.3 is 7.82 Å². The van der Waals surface area contributed by atoms with Crippen LogP contribution in [0, 0.1) is 92.7 Å². The van der Waals surface area contributed by atoms with E-state index in [-0.39, 0.29) is 23.0 Å². The molecule has 8 aliphatic carbocycles. The van der Waals surface area contributed by atoms with Gasteiger partial charge in [-0.1, -0.05) is 131 Å². The zero-order valence-electron chi connectivity index (χ0n) is 44.4. The summed E-state index contributed by atoms with van der Waals surface area (Å²) in [6.45, 7) is 26.7. The second kappa shape index (κ2) is 20.3. The maximum absolute atomic E-state index is 15.1. The molecule has 6 saturated carbocycles. The molecule has 0 N–H and O–H groups in total. The number of rotatable bonds is 19. The molecule has 0 saturated heterocycles. The summed E-state index contributed by atoms with van der Waals surface area (Å²) in [6.07, 6.45) is 33.9. The molecule has 5 nitrogen and oxygen atoms in total. The molecule has 6 heteroatoms. The summed E-state index contributed by atoms with van der Waals surface area (Å²) in [5.74, 6) is 9.97. The van der Waals surface area contributed by atoms with Crippen LogP contribution in [0.15, 0.2) is 23.3 Å². The van der Waals surface area contributed by atoms with E-state index in [1.807, 2.05) is 0 Å². The largest absolute Gasteiger partial charge is 0.475 e. The highest BCUT2D eigenvalue weighted by molar-refractivity contribution is 7.48. The Bertz CT molecular complexity index is 1610. The van der Waals surface area contributed by atoms with Crippen LogP contribution in [-0.2, 0) is 18.1 Å². The summed E-state index contributed by atoms with van der Waals surface area (Å²) in [7, 11) is 0.393. The Hall–Kier alpha value is -0.450. The van der Waals surface area contributed by atoms with Crippen LogP contribution in [0.4, 0.5) is 0 Å². The molecule has 16 unspecified atom stereocenters. The van der Waals surface area contributed by atoms with E-state index in [9.17, 15) is 0 Å². The molecule has 0 heterocycles. The Kier molecular flexibility index (Phi) is 15.9. The lowest BCUT2D eigenvalue weighted by atomic mass is 9.47. The summed E-state index contributed by atoms with van der Waals surface area (Å²) in [4.78, 5) is 2.17. The van der Waals surface area contributed by atoms with Crippen molar-refractivity contribution in [2.75, 3.05) is 27.2 Å². The molecule has 8 rings (SSSR count). The third-order valence-electron chi connectivity index (χ3n) is 22.1. The Balaban J connectivity index is 0.910. The summed E-state index contributed by atoms with van der Waals surface area (Å²) in [5, 5.41) is 0. The molecule has 0 bridgehead atoms. The van der Waals surface area contributed by atoms with E-state index in [2.05, 4.69) is 100 Å². The highest BCUT2D eigenvalue weighted by atomic mass is 31.2. The molecule has 0 spiro atoms. The van der Waals surface area contributed by atoms with Crippen molar-refractivity contribution in [3.63, 3.8) is 0 Å². The van der Waals surface area contributed by atoms with Gasteiger partial charge in [-0.25, -0.2) is 4.57 Å². The van der Waals surface area contributed by atoms with Crippen LogP contribution in [-0.4, -0.2) is 44.4 Å². The normalized spacial score (nSPS) is 43.1. The predicted molar refractivity (Wildman–Crippen MR) is 273 cm³/mol. The summed E-state index contributed by atoms with van der Waals surface area (Å²) in [6, 6.07) is 0. The monoisotopic (exact) mass is 920 g/mol. The topological polar surface area (TPSA) is 48.0 Å². The average Bonchev–Trinajstić information content (AvgIpc) is 3.79. The highest BCUT2D eigenvalue weighted by Crippen LogP contribution is 2.70. The first-order valence-corrected chi connectivity index (χ1v) is 29.9. The van der Waals surface area contributed by atoms with Crippen molar-refractivity contribution in [2.45, 2.75) is 229 Å². The minimum atomic E-state index is -3.79. The summed E-state index contributed by atoms with van der Waals surface area (Å²) >= 11 is 0. The lowest BCUT2D eigenvalue weighted by Crippen LogP contribution is -2.51. The van der Waals surface area contributed by atoms with Gasteiger partial charge in [0.05, 0.1) is 18.8 Å². The molecule has 0 aromatic heterocycles. The van der Waals surface area contributed by atoms with Gasteiger partial charge in [0.1, 0.15) is 0 Å². The van der Waals surface area contributed by atoms with Crippen molar-refractivity contribution in [3.05, 3.63) is 23.3 Å². The minimum absolute atomic E-state index is 0.116. The van der Waals surface area contributed by atoms with Gasteiger partial charge in [0, 0.05) is 0 Å². The van der Waals surface area contributed by atoms with Gasteiger partial charge in [0.2, 0.25) is 0 Å². The number of phosphoric acid groups is 1. The van der Waals surface area contributed by atoms with E-state index in [1.54, 1.807) is 11.1 Å². The lowest BCUT2D eigenvalue weighted by molar-refractivity contribution is -0.0627. The van der Waals surface area contributed by atoms with Crippen molar-refractivity contribution in [2.24, 2.45) is 92.7 Å². The van der Waals surface area contributed by atoms with Crippen molar-refractivity contribution in [1.82, 2.24) is 4.90 Å². The molecule has 0 aromatic rings. The molecule has 6 fully saturated rings. The average molecular weight is 920 g/mol. The van der Waals surface area contributed by atoms with Crippen molar-refractivity contribution >= 4 is 7.82 Å². The van der Waals surface area contributed by atoms with E-state index in [1.165, 1.54) is 103 Å². The summed E-state index contributed by atoms with van der Waals surface area (Å²) in [5.41, 5.74) is 4.63. The van der Waals surface area contributed by atoms with Crippen LogP contribution >= 0.6 is 7.82 Å². The van der Waals surface area contributed by atoms with Crippen molar-refractivity contribution < 1.29 is 18.1 Å². The van der Waals surface area contributed by atoms with Gasteiger partial charge < -0.3 is 4.90 Å². The zero-order chi connectivity index (χ0) is 46.5. The van der Waals surface area contributed by atoms with Crippen LogP contribution in [0.1, 0.15) is 217 Å². The Morgan fingerprint density at radius 3 is 1.45 bits per heavy atom. The van der Waals surface area contributed by atoms with Crippen molar-refractivity contribution in [1.29, 1.82) is 0 Å². The van der Waals surface area contributed by atoms with Crippen LogP contribution in [0.25, 0.3) is 0 Å². The first kappa shape index (κ1) is 50.9. The second-order valence-corrected chi connectivity index (χ2v) is 28.5. The minimum Gasteiger partial charge on any atom is -0.309 e. The van der Waals surface area contributed by atoms with Crippen LogP contribution in [0.2, 0.25) is 0 Å². The molecule has 0 aromatic carbocycles. The number of hydrogen-bond acceptors (Lipinski definition) is 5. The molecule has 0 amide bonds. The van der Waals surface area contributed by atoms with Crippen LogP contribution in [0.5, 0.6) is 0 Å². The van der Waals surface area contributed by atoms with E-state index in [0.717, 1.165) is 123 Å². The quantitative estimate of drug-likeness (QED) is 0.0734. The molecule has 0 aliphatic heterocycles. The maximum atomic E-state index is 15.1. The second-order valence-electron chi connectivity index (χ2n) is 27.0. The van der Waals surface area contributed by atoms with Gasteiger partial charge in [0.25, 0.3) is 0 Å². The lowest BCUT2D eigenvalue weighted by Gasteiger charge is -2.58. The fourth-order valence-corrected chi connectivity index (χ4v) is 20.1. The van der Waals surface area contributed by atoms with Gasteiger partial charge in [-0.05, 0) is 222 Å². The van der Waals surface area contributed by atoms with Gasteiger partial charge in [-0.15, -0.1) is 0 Å². The molecular formula is C59H102NO4P. The smallest absolute Gasteiger partial charge is 0.309 e. The Morgan fingerprint density at radius 2 is 1.03 bits per heavy atom. The third kappa shape index (κ3) is 10.2. The van der Waals surface area contributed by atoms with Gasteiger partial charge in [0.15, 0.2) is 0 Å². The molecular weight excluding hydrogens is 818 g/mol. The van der Waals surface area contributed by atoms with Crippen LogP contribution in [0.3, 0.4) is 0 Å². The number of fused-ring (bicyclic) bond motifs is 10.